The number of nitrogens with zero attached hydrogens (tertiary/aromatic N) is 1. The van der Waals surface area contributed by atoms with Crippen molar-refractivity contribution in [2.24, 2.45) is 0 Å². The van der Waals surface area contributed by atoms with Crippen LogP contribution in [0.25, 0.3) is 16.8 Å². The Morgan fingerprint density at radius 2 is 1.70 bits per heavy atom. The van der Waals surface area contributed by atoms with Crippen LogP contribution in [0.2, 0.25) is 0 Å². The molecule has 4 nitrogen and oxygen atoms in total. The van der Waals surface area contributed by atoms with Crippen LogP contribution in [0.15, 0.2) is 71.6 Å². The molecular formula is C22H17NO3S. The molecule has 3 aromatic carbocycles. The van der Waals surface area contributed by atoms with Gasteiger partial charge in [-0.05, 0) is 65.4 Å². The first-order chi connectivity index (χ1) is 13.2. The van der Waals surface area contributed by atoms with Crippen molar-refractivity contribution in [1.82, 2.24) is 0 Å². The van der Waals surface area contributed by atoms with Crippen molar-refractivity contribution in [3.63, 3.8) is 0 Å². The fourth-order valence-electron chi connectivity index (χ4n) is 3.07. The molecule has 0 unspecified atom stereocenters. The van der Waals surface area contributed by atoms with Crippen LogP contribution in [0.1, 0.15) is 12.5 Å². The van der Waals surface area contributed by atoms with Crippen molar-refractivity contribution in [2.75, 3.05) is 11.5 Å². The summed E-state index contributed by atoms with van der Waals surface area (Å²) in [5, 5.41) is 1.85. The molecule has 0 N–H and O–H groups in total. The van der Waals surface area contributed by atoms with E-state index < -0.39 is 0 Å². The van der Waals surface area contributed by atoms with Gasteiger partial charge in [-0.1, -0.05) is 42.5 Å². The van der Waals surface area contributed by atoms with Gasteiger partial charge in [0.05, 0.1) is 17.2 Å². The first kappa shape index (κ1) is 17.4. The average Bonchev–Trinajstić information content (AvgIpc) is 2.96. The zero-order valence-electron chi connectivity index (χ0n) is 14.7. The number of thioether (sulfide) groups is 1. The third-order valence-corrected chi connectivity index (χ3v) is 5.18. The number of hydrogen-bond acceptors (Lipinski definition) is 4. The van der Waals surface area contributed by atoms with Gasteiger partial charge in [0, 0.05) is 0 Å². The fourth-order valence-corrected chi connectivity index (χ4v) is 3.90. The number of fused-ring (bicyclic) bond motifs is 1. The number of rotatable bonds is 4. The molecule has 0 saturated carbocycles. The van der Waals surface area contributed by atoms with Crippen LogP contribution in [-0.4, -0.2) is 17.8 Å². The number of carbonyl (C=O) groups excluding carboxylic acids is 2. The van der Waals surface area contributed by atoms with Gasteiger partial charge in [0.15, 0.2) is 0 Å². The van der Waals surface area contributed by atoms with Crippen LogP contribution in [0, 0.1) is 0 Å². The fraction of sp³-hybridized carbons (Fsp3) is 0.0909. The molecule has 0 aliphatic carbocycles. The molecule has 134 valence electrons. The molecule has 1 fully saturated rings. The quantitative estimate of drug-likeness (QED) is 0.567. The van der Waals surface area contributed by atoms with Crippen LogP contribution < -0.4 is 9.64 Å². The maximum absolute atomic E-state index is 12.9. The Morgan fingerprint density at radius 1 is 0.963 bits per heavy atom. The summed E-state index contributed by atoms with van der Waals surface area (Å²) in [6.07, 6.45) is 1.79. The third kappa shape index (κ3) is 3.34. The number of anilines is 1. The van der Waals surface area contributed by atoms with Crippen molar-refractivity contribution in [3.8, 4) is 5.75 Å². The third-order valence-electron chi connectivity index (χ3n) is 4.31. The summed E-state index contributed by atoms with van der Waals surface area (Å²) in [6.45, 7) is 2.47. The van der Waals surface area contributed by atoms with E-state index in [1.807, 2.05) is 49.4 Å². The SMILES string of the molecule is CCOc1ccc(N2C(=O)S/C(=C\c3cccc4ccccc34)C2=O)cc1. The van der Waals surface area contributed by atoms with E-state index in [-0.39, 0.29) is 11.1 Å². The molecule has 0 aromatic heterocycles. The predicted molar refractivity (Wildman–Crippen MR) is 110 cm³/mol. The van der Waals surface area contributed by atoms with Gasteiger partial charge in [-0.2, -0.15) is 0 Å². The summed E-state index contributed by atoms with van der Waals surface area (Å²) in [6, 6.07) is 20.9. The molecule has 1 saturated heterocycles. The number of carbonyl (C=O) groups is 2. The molecule has 3 aromatic rings. The molecule has 0 bridgehead atoms. The van der Waals surface area contributed by atoms with Gasteiger partial charge in [0.25, 0.3) is 11.1 Å². The van der Waals surface area contributed by atoms with Gasteiger partial charge in [-0.25, -0.2) is 4.90 Å². The summed E-state index contributed by atoms with van der Waals surface area (Å²) >= 11 is 0.962. The highest BCUT2D eigenvalue weighted by molar-refractivity contribution is 8.19. The highest BCUT2D eigenvalue weighted by Gasteiger charge is 2.36. The molecule has 0 radical (unpaired) electrons. The average molecular weight is 375 g/mol. The second-order valence-electron chi connectivity index (χ2n) is 6.01. The Kier molecular flexibility index (Phi) is 4.69. The van der Waals surface area contributed by atoms with Crippen molar-refractivity contribution in [2.45, 2.75) is 6.92 Å². The van der Waals surface area contributed by atoms with E-state index in [0.717, 1.165) is 28.1 Å². The lowest BCUT2D eigenvalue weighted by atomic mass is 10.0. The minimum absolute atomic E-state index is 0.296. The molecule has 4 rings (SSSR count). The topological polar surface area (TPSA) is 46.6 Å². The largest absolute Gasteiger partial charge is 0.494 e. The van der Waals surface area contributed by atoms with E-state index in [1.165, 1.54) is 4.90 Å². The van der Waals surface area contributed by atoms with Crippen molar-refractivity contribution in [3.05, 3.63) is 77.2 Å². The van der Waals surface area contributed by atoms with E-state index in [9.17, 15) is 9.59 Å². The maximum atomic E-state index is 12.9. The standard InChI is InChI=1S/C22H17NO3S/c1-2-26-18-12-10-17(11-13-18)23-21(24)20(27-22(23)25)14-16-8-5-7-15-6-3-4-9-19(15)16/h3-14H,2H2,1H3/b20-14-. The number of benzene rings is 3. The van der Waals surface area contributed by atoms with E-state index in [0.29, 0.717) is 22.9 Å². The lowest BCUT2D eigenvalue weighted by Gasteiger charge is -2.13. The highest BCUT2D eigenvalue weighted by atomic mass is 32.2. The van der Waals surface area contributed by atoms with Crippen LogP contribution in [-0.2, 0) is 4.79 Å². The molecule has 27 heavy (non-hydrogen) atoms. The van der Waals surface area contributed by atoms with Crippen LogP contribution in [0.4, 0.5) is 10.5 Å². The first-order valence-electron chi connectivity index (χ1n) is 8.66. The van der Waals surface area contributed by atoms with E-state index in [2.05, 4.69) is 0 Å². The summed E-state index contributed by atoms with van der Waals surface area (Å²) in [5.74, 6) is 0.404. The van der Waals surface area contributed by atoms with E-state index in [1.54, 1.807) is 30.3 Å². The molecule has 5 heteroatoms. The highest BCUT2D eigenvalue weighted by Crippen LogP contribution is 2.37. The van der Waals surface area contributed by atoms with Crippen LogP contribution >= 0.6 is 11.8 Å². The minimum atomic E-state index is -0.304. The zero-order chi connectivity index (χ0) is 18.8. The maximum Gasteiger partial charge on any atom is 0.298 e. The number of hydrogen-bond donors (Lipinski definition) is 0. The predicted octanol–water partition coefficient (Wildman–Crippen LogP) is 5.48. The van der Waals surface area contributed by atoms with Crippen molar-refractivity contribution >= 4 is 45.4 Å². The minimum Gasteiger partial charge on any atom is -0.494 e. The lowest BCUT2D eigenvalue weighted by molar-refractivity contribution is -0.113. The summed E-state index contributed by atoms with van der Waals surface area (Å²) in [5.41, 5.74) is 1.47. The lowest BCUT2D eigenvalue weighted by Crippen LogP contribution is -2.27. The first-order valence-corrected chi connectivity index (χ1v) is 9.47. The molecule has 0 spiro atoms. The Morgan fingerprint density at radius 3 is 2.48 bits per heavy atom. The van der Waals surface area contributed by atoms with E-state index >= 15 is 0 Å². The van der Waals surface area contributed by atoms with Gasteiger partial charge >= 0.3 is 0 Å². The Hall–Kier alpha value is -3.05. The summed E-state index contributed by atoms with van der Waals surface area (Å²) in [4.78, 5) is 26.9. The Balaban J connectivity index is 1.67. The monoisotopic (exact) mass is 375 g/mol. The van der Waals surface area contributed by atoms with Crippen molar-refractivity contribution in [1.29, 1.82) is 0 Å². The number of imide groups is 1. The molecule has 2 amide bonds. The zero-order valence-corrected chi connectivity index (χ0v) is 15.5. The van der Waals surface area contributed by atoms with Crippen molar-refractivity contribution < 1.29 is 14.3 Å². The van der Waals surface area contributed by atoms with Crippen LogP contribution in [0.3, 0.4) is 0 Å². The van der Waals surface area contributed by atoms with Gasteiger partial charge in [-0.15, -0.1) is 0 Å². The summed E-state index contributed by atoms with van der Waals surface area (Å²) in [7, 11) is 0. The second kappa shape index (κ2) is 7.29. The molecule has 1 aliphatic heterocycles. The van der Waals surface area contributed by atoms with E-state index in [4.69, 9.17) is 4.74 Å². The van der Waals surface area contributed by atoms with Gasteiger partial charge in [0.2, 0.25) is 0 Å². The smallest absolute Gasteiger partial charge is 0.298 e. The Bertz CT molecular complexity index is 1050. The van der Waals surface area contributed by atoms with Crippen LogP contribution in [0.5, 0.6) is 5.75 Å². The molecule has 0 atom stereocenters. The van der Waals surface area contributed by atoms with Gasteiger partial charge < -0.3 is 4.74 Å². The molecular weight excluding hydrogens is 358 g/mol. The second-order valence-corrected chi connectivity index (χ2v) is 7.01. The summed E-state index contributed by atoms with van der Waals surface area (Å²) < 4.78 is 5.41. The number of ether oxygens (including phenoxy) is 1. The Labute approximate surface area is 161 Å². The van der Waals surface area contributed by atoms with Gasteiger partial charge in [-0.3, -0.25) is 9.59 Å². The molecule has 1 heterocycles. The van der Waals surface area contributed by atoms with Gasteiger partial charge in [0.1, 0.15) is 5.75 Å². The molecule has 1 aliphatic rings. The normalized spacial score (nSPS) is 15.7. The number of amides is 2.